The van der Waals surface area contributed by atoms with Gasteiger partial charge >= 0.3 is 5.97 Å². The van der Waals surface area contributed by atoms with Crippen molar-refractivity contribution in [2.24, 2.45) is 0 Å². The van der Waals surface area contributed by atoms with Crippen molar-refractivity contribution >= 4 is 17.6 Å². The van der Waals surface area contributed by atoms with Crippen LogP contribution in [0.15, 0.2) is 36.4 Å². The molecule has 0 spiro atoms. The number of anilines is 1. The molecule has 0 atom stereocenters. The molecule has 1 N–H and O–H groups in total. The van der Waals surface area contributed by atoms with Crippen LogP contribution in [-0.2, 0) is 14.3 Å². The summed E-state index contributed by atoms with van der Waals surface area (Å²) >= 11 is 0. The van der Waals surface area contributed by atoms with E-state index in [0.29, 0.717) is 17.2 Å². The largest absolute Gasteiger partial charge is 0.497 e. The molecule has 0 radical (unpaired) electrons. The fourth-order valence-electron chi connectivity index (χ4n) is 2.40. The average molecular weight is 387 g/mol. The number of esters is 1. The molecule has 0 fully saturated rings. The Morgan fingerprint density at radius 3 is 2.29 bits per heavy atom. The van der Waals surface area contributed by atoms with E-state index < -0.39 is 11.9 Å². The van der Waals surface area contributed by atoms with Gasteiger partial charge in [-0.25, -0.2) is 0 Å². The molecule has 0 saturated carbocycles. The van der Waals surface area contributed by atoms with E-state index in [-0.39, 0.29) is 19.6 Å². The molecule has 150 valence electrons. The molecule has 0 bridgehead atoms. The monoisotopic (exact) mass is 387 g/mol. The lowest BCUT2D eigenvalue weighted by atomic mass is 10.1. The van der Waals surface area contributed by atoms with E-state index >= 15 is 0 Å². The van der Waals surface area contributed by atoms with E-state index in [9.17, 15) is 9.59 Å². The molecule has 7 nitrogen and oxygen atoms in total. The number of hydrogen-bond acceptors (Lipinski definition) is 6. The first-order valence-corrected chi connectivity index (χ1v) is 8.80. The van der Waals surface area contributed by atoms with Crippen LogP contribution in [-0.4, -0.2) is 39.3 Å². The Morgan fingerprint density at radius 1 is 0.964 bits per heavy atom. The zero-order chi connectivity index (χ0) is 20.5. The molecular formula is C21H25NO6. The maximum Gasteiger partial charge on any atom is 0.309 e. The van der Waals surface area contributed by atoms with Crippen LogP contribution in [0.2, 0.25) is 0 Å². The summed E-state index contributed by atoms with van der Waals surface area (Å²) in [6, 6.07) is 10.8. The van der Waals surface area contributed by atoms with Crippen molar-refractivity contribution in [3.05, 3.63) is 47.5 Å². The maximum atomic E-state index is 12.0. The summed E-state index contributed by atoms with van der Waals surface area (Å²) in [5.74, 6) is 0.839. The predicted molar refractivity (Wildman–Crippen MR) is 105 cm³/mol. The first kappa shape index (κ1) is 21.1. The molecule has 0 aromatic heterocycles. The number of aryl methyl sites for hydroxylation is 2. The van der Waals surface area contributed by atoms with Crippen molar-refractivity contribution < 1.29 is 28.5 Å². The van der Waals surface area contributed by atoms with Crippen molar-refractivity contribution in [3.63, 3.8) is 0 Å². The number of ether oxygens (including phenoxy) is 4. The molecule has 0 saturated heterocycles. The molecular weight excluding hydrogens is 362 g/mol. The normalized spacial score (nSPS) is 10.1. The average Bonchev–Trinajstić information content (AvgIpc) is 2.68. The molecule has 0 heterocycles. The number of hydrogen-bond donors (Lipinski definition) is 1. The molecule has 2 rings (SSSR count). The summed E-state index contributed by atoms with van der Waals surface area (Å²) in [6.45, 7) is 3.70. The van der Waals surface area contributed by atoms with Crippen molar-refractivity contribution in [1.29, 1.82) is 0 Å². The van der Waals surface area contributed by atoms with Crippen molar-refractivity contribution in [3.8, 4) is 17.2 Å². The summed E-state index contributed by atoms with van der Waals surface area (Å²) in [5, 5.41) is 2.63. The van der Waals surface area contributed by atoms with E-state index in [2.05, 4.69) is 5.32 Å². The number of nitrogens with one attached hydrogen (secondary N) is 1. The van der Waals surface area contributed by atoms with E-state index in [1.165, 1.54) is 14.2 Å². The minimum atomic E-state index is -0.510. The standard InChI is InChI=1S/C21H25NO6/c1-14-5-6-15(2)19(9-14)27-8-7-21(24)28-13-20(23)22-16-10-17(25-3)12-18(11-16)26-4/h5-6,9-12H,7-8,13H2,1-4H3,(H,22,23). The smallest absolute Gasteiger partial charge is 0.309 e. The fraction of sp³-hybridized carbons (Fsp3) is 0.333. The molecule has 2 aromatic rings. The third-order valence-corrected chi connectivity index (χ3v) is 3.91. The first-order chi connectivity index (χ1) is 13.4. The minimum absolute atomic E-state index is 0.0493. The Kier molecular flexibility index (Phi) is 7.68. The van der Waals surface area contributed by atoms with Gasteiger partial charge < -0.3 is 24.3 Å². The van der Waals surface area contributed by atoms with Gasteiger partial charge in [-0.2, -0.15) is 0 Å². The third kappa shape index (κ3) is 6.50. The van der Waals surface area contributed by atoms with Crippen molar-refractivity contribution in [2.45, 2.75) is 20.3 Å². The number of carbonyl (C=O) groups is 2. The molecule has 0 aliphatic heterocycles. The van der Waals surface area contributed by atoms with Gasteiger partial charge in [0.25, 0.3) is 5.91 Å². The lowest BCUT2D eigenvalue weighted by Crippen LogP contribution is -2.21. The number of rotatable bonds is 9. The molecule has 0 aliphatic carbocycles. The molecule has 1 amide bonds. The highest BCUT2D eigenvalue weighted by atomic mass is 16.5. The zero-order valence-electron chi connectivity index (χ0n) is 16.5. The van der Waals surface area contributed by atoms with Crippen LogP contribution < -0.4 is 19.5 Å². The Labute approximate surface area is 164 Å². The van der Waals surface area contributed by atoms with E-state index in [1.54, 1.807) is 18.2 Å². The van der Waals surface area contributed by atoms with Gasteiger partial charge in [0.15, 0.2) is 6.61 Å². The van der Waals surface area contributed by atoms with E-state index in [4.69, 9.17) is 18.9 Å². The SMILES string of the molecule is COc1cc(NC(=O)COC(=O)CCOc2cc(C)ccc2C)cc(OC)c1. The topological polar surface area (TPSA) is 83.1 Å². The Balaban J connectivity index is 1.76. The minimum Gasteiger partial charge on any atom is -0.497 e. The molecule has 0 unspecified atom stereocenters. The number of benzene rings is 2. The van der Waals surface area contributed by atoms with Crippen molar-refractivity contribution in [2.75, 3.05) is 32.8 Å². The number of amides is 1. The summed E-state index contributed by atoms with van der Waals surface area (Å²) in [4.78, 5) is 23.8. The van der Waals surface area contributed by atoms with Crippen LogP contribution in [0.3, 0.4) is 0 Å². The fourth-order valence-corrected chi connectivity index (χ4v) is 2.40. The summed E-state index contributed by atoms with van der Waals surface area (Å²) in [7, 11) is 3.03. The van der Waals surface area contributed by atoms with Crippen LogP contribution in [0.25, 0.3) is 0 Å². The second-order valence-corrected chi connectivity index (χ2v) is 6.18. The lowest BCUT2D eigenvalue weighted by molar-refractivity contribution is -0.147. The van der Waals surface area contributed by atoms with Crippen LogP contribution >= 0.6 is 0 Å². The Bertz CT molecular complexity index is 811. The van der Waals surface area contributed by atoms with Gasteiger partial charge in [0.05, 0.1) is 27.2 Å². The molecule has 28 heavy (non-hydrogen) atoms. The first-order valence-electron chi connectivity index (χ1n) is 8.80. The Morgan fingerprint density at radius 2 is 1.64 bits per heavy atom. The third-order valence-electron chi connectivity index (χ3n) is 3.91. The molecule has 7 heteroatoms. The lowest BCUT2D eigenvalue weighted by Gasteiger charge is -2.11. The molecule has 0 aliphatic rings. The van der Waals surface area contributed by atoms with Crippen LogP contribution in [0.4, 0.5) is 5.69 Å². The highest BCUT2D eigenvalue weighted by molar-refractivity contribution is 5.93. The van der Waals surface area contributed by atoms with Crippen LogP contribution in [0.5, 0.6) is 17.2 Å². The van der Waals surface area contributed by atoms with Gasteiger partial charge in [-0.1, -0.05) is 12.1 Å². The van der Waals surface area contributed by atoms with E-state index in [0.717, 1.165) is 16.9 Å². The van der Waals surface area contributed by atoms with Crippen LogP contribution in [0.1, 0.15) is 17.5 Å². The zero-order valence-corrected chi connectivity index (χ0v) is 16.5. The van der Waals surface area contributed by atoms with Gasteiger partial charge in [-0.15, -0.1) is 0 Å². The van der Waals surface area contributed by atoms with Gasteiger partial charge in [0.1, 0.15) is 17.2 Å². The summed E-state index contributed by atoms with van der Waals surface area (Å²) in [6.07, 6.45) is 0.0493. The summed E-state index contributed by atoms with van der Waals surface area (Å²) in [5.41, 5.74) is 2.55. The van der Waals surface area contributed by atoms with Gasteiger partial charge in [0.2, 0.25) is 0 Å². The number of methoxy groups -OCH3 is 2. The van der Waals surface area contributed by atoms with Crippen molar-refractivity contribution in [1.82, 2.24) is 0 Å². The van der Waals surface area contributed by atoms with Gasteiger partial charge in [0, 0.05) is 23.9 Å². The quantitative estimate of drug-likeness (QED) is 0.665. The van der Waals surface area contributed by atoms with Gasteiger partial charge in [-0.3, -0.25) is 9.59 Å². The highest BCUT2D eigenvalue weighted by Gasteiger charge is 2.10. The van der Waals surface area contributed by atoms with E-state index in [1.807, 2.05) is 32.0 Å². The van der Waals surface area contributed by atoms with Crippen LogP contribution in [0, 0.1) is 13.8 Å². The second-order valence-electron chi connectivity index (χ2n) is 6.18. The number of carbonyl (C=O) groups excluding carboxylic acids is 2. The summed E-state index contributed by atoms with van der Waals surface area (Å²) < 4.78 is 20.9. The maximum absolute atomic E-state index is 12.0. The van der Waals surface area contributed by atoms with Gasteiger partial charge in [-0.05, 0) is 31.0 Å². The second kappa shape index (κ2) is 10.2. The Hall–Kier alpha value is -3.22. The predicted octanol–water partition coefficient (Wildman–Crippen LogP) is 3.27. The molecule has 2 aromatic carbocycles. The highest BCUT2D eigenvalue weighted by Crippen LogP contribution is 2.25.